The highest BCUT2D eigenvalue weighted by Gasteiger charge is 2.15. The third kappa shape index (κ3) is 3.46. The van der Waals surface area contributed by atoms with Crippen LogP contribution in [0.25, 0.3) is 11.2 Å². The lowest BCUT2D eigenvalue weighted by Gasteiger charge is -2.12. The second kappa shape index (κ2) is 6.49. The van der Waals surface area contributed by atoms with Gasteiger partial charge in [0.25, 0.3) is 0 Å². The highest BCUT2D eigenvalue weighted by Crippen LogP contribution is 2.25. The number of carboxylic acids is 1. The smallest absolute Gasteiger partial charge is 0.313 e. The molecule has 2 heterocycles. The summed E-state index contributed by atoms with van der Waals surface area (Å²) in [7, 11) is 0. The number of nitrogens with zero attached hydrogens (tertiary/aromatic N) is 3. The van der Waals surface area contributed by atoms with Gasteiger partial charge < -0.3 is 9.67 Å². The Bertz CT molecular complexity index is 627. The van der Waals surface area contributed by atoms with Gasteiger partial charge in [-0.2, -0.15) is 11.8 Å². The van der Waals surface area contributed by atoms with E-state index in [1.165, 1.54) is 11.8 Å². The summed E-state index contributed by atoms with van der Waals surface area (Å²) >= 11 is 3.01. The van der Waals surface area contributed by atoms with Crippen LogP contribution >= 0.6 is 23.5 Å². The van der Waals surface area contributed by atoms with Crippen molar-refractivity contribution in [2.45, 2.75) is 30.8 Å². The van der Waals surface area contributed by atoms with Crippen LogP contribution in [0.15, 0.2) is 17.3 Å². The second-order valence-corrected chi connectivity index (χ2v) is 6.75. The zero-order chi connectivity index (χ0) is 14.7. The molecule has 2 aromatic heterocycles. The van der Waals surface area contributed by atoms with Crippen molar-refractivity contribution in [3.63, 3.8) is 0 Å². The lowest BCUT2D eigenvalue weighted by Crippen LogP contribution is -2.11. The molecule has 0 aliphatic carbocycles. The number of carboxylic acid groups (broad SMARTS) is 1. The summed E-state index contributed by atoms with van der Waals surface area (Å²) in [5, 5.41) is 9.97. The number of rotatable bonds is 6. The molecule has 1 atom stereocenters. The van der Waals surface area contributed by atoms with Crippen LogP contribution in [0.4, 0.5) is 0 Å². The molecular formula is C13H17N3O2S2. The Morgan fingerprint density at radius 1 is 1.45 bits per heavy atom. The molecule has 0 spiro atoms. The van der Waals surface area contributed by atoms with Gasteiger partial charge in [0, 0.05) is 17.5 Å². The molecule has 0 saturated carbocycles. The molecule has 0 fully saturated rings. The van der Waals surface area contributed by atoms with Crippen molar-refractivity contribution in [2.24, 2.45) is 0 Å². The summed E-state index contributed by atoms with van der Waals surface area (Å²) in [5.41, 5.74) is 2.58. The molecular weight excluding hydrogens is 294 g/mol. The first-order valence-electron chi connectivity index (χ1n) is 6.22. The summed E-state index contributed by atoms with van der Waals surface area (Å²) in [5.74, 6) is -0.827. The zero-order valence-electron chi connectivity index (χ0n) is 11.7. The third-order valence-corrected chi connectivity index (χ3v) is 4.78. The molecule has 0 amide bonds. The van der Waals surface area contributed by atoms with Gasteiger partial charge in [-0.05, 0) is 25.3 Å². The minimum Gasteiger partial charge on any atom is -0.481 e. The SMILES string of the molecule is CSC(C)Cn1c(SCC(=O)O)nc2ccc(C)nc21. The number of fused-ring (bicyclic) bond motifs is 1. The lowest BCUT2D eigenvalue weighted by atomic mass is 10.3. The maximum atomic E-state index is 10.8. The minimum atomic E-state index is -0.837. The summed E-state index contributed by atoms with van der Waals surface area (Å²) in [6, 6.07) is 3.85. The van der Waals surface area contributed by atoms with Crippen LogP contribution < -0.4 is 0 Å². The van der Waals surface area contributed by atoms with Crippen LogP contribution in [-0.4, -0.2) is 42.9 Å². The van der Waals surface area contributed by atoms with E-state index < -0.39 is 5.97 Å². The first-order chi connectivity index (χ1) is 9.51. The average Bonchev–Trinajstić information content (AvgIpc) is 2.74. The largest absolute Gasteiger partial charge is 0.481 e. The molecule has 1 N–H and O–H groups in total. The number of aryl methyl sites for hydroxylation is 1. The predicted molar refractivity (Wildman–Crippen MR) is 83.6 cm³/mol. The topological polar surface area (TPSA) is 68.0 Å². The number of aromatic nitrogens is 3. The summed E-state index contributed by atoms with van der Waals surface area (Å²) < 4.78 is 2.02. The van der Waals surface area contributed by atoms with E-state index in [1.807, 2.05) is 23.6 Å². The molecule has 1 unspecified atom stereocenters. The van der Waals surface area contributed by atoms with Crippen LogP contribution in [0.5, 0.6) is 0 Å². The molecule has 7 heteroatoms. The van der Waals surface area contributed by atoms with Crippen molar-refractivity contribution in [1.82, 2.24) is 14.5 Å². The van der Waals surface area contributed by atoms with Gasteiger partial charge in [-0.1, -0.05) is 18.7 Å². The van der Waals surface area contributed by atoms with Gasteiger partial charge in [0.05, 0.1) is 5.75 Å². The second-order valence-electron chi connectivity index (χ2n) is 4.53. The van der Waals surface area contributed by atoms with E-state index in [2.05, 4.69) is 23.1 Å². The number of hydrogen-bond acceptors (Lipinski definition) is 5. The Morgan fingerprint density at radius 2 is 2.20 bits per heavy atom. The van der Waals surface area contributed by atoms with E-state index in [0.29, 0.717) is 5.25 Å². The Morgan fingerprint density at radius 3 is 2.85 bits per heavy atom. The zero-order valence-corrected chi connectivity index (χ0v) is 13.3. The average molecular weight is 311 g/mol. The van der Waals surface area contributed by atoms with Crippen molar-refractivity contribution in [2.75, 3.05) is 12.0 Å². The maximum absolute atomic E-state index is 10.8. The number of pyridine rings is 1. The van der Waals surface area contributed by atoms with Gasteiger partial charge in [-0.15, -0.1) is 0 Å². The molecule has 0 aliphatic rings. The minimum absolute atomic E-state index is 0.00987. The van der Waals surface area contributed by atoms with Gasteiger partial charge in [0.1, 0.15) is 5.52 Å². The van der Waals surface area contributed by atoms with E-state index in [9.17, 15) is 4.79 Å². The highest BCUT2D eigenvalue weighted by molar-refractivity contribution is 7.99. The fourth-order valence-corrected chi connectivity index (χ4v) is 2.84. The standard InChI is InChI=1S/C13H17N3O2S2/c1-8-4-5-10-12(14-8)16(6-9(2)19-3)13(15-10)20-7-11(17)18/h4-5,9H,6-7H2,1-3H3,(H,17,18). The third-order valence-electron chi connectivity index (χ3n) is 2.86. The number of hydrogen-bond donors (Lipinski definition) is 1. The number of aliphatic carboxylic acids is 1. The van der Waals surface area contributed by atoms with Crippen molar-refractivity contribution >= 4 is 40.7 Å². The Labute approximate surface area is 126 Å². The van der Waals surface area contributed by atoms with Gasteiger partial charge in [0.15, 0.2) is 10.8 Å². The summed E-state index contributed by atoms with van der Waals surface area (Å²) in [4.78, 5) is 19.8. The van der Waals surface area contributed by atoms with E-state index in [0.717, 1.165) is 28.6 Å². The van der Waals surface area contributed by atoms with E-state index in [-0.39, 0.29) is 5.75 Å². The molecule has 2 aromatic rings. The molecule has 0 radical (unpaired) electrons. The molecule has 20 heavy (non-hydrogen) atoms. The van der Waals surface area contributed by atoms with Gasteiger partial charge in [-0.3, -0.25) is 4.79 Å². The van der Waals surface area contributed by atoms with Gasteiger partial charge >= 0.3 is 5.97 Å². The Balaban J connectivity index is 2.42. The van der Waals surface area contributed by atoms with Crippen LogP contribution in [0.2, 0.25) is 0 Å². The van der Waals surface area contributed by atoms with Crippen molar-refractivity contribution in [3.05, 3.63) is 17.8 Å². The van der Waals surface area contributed by atoms with Crippen LogP contribution in [0, 0.1) is 6.92 Å². The summed E-state index contributed by atoms with van der Waals surface area (Å²) in [6.45, 7) is 4.85. The predicted octanol–water partition coefficient (Wildman–Crippen LogP) is 2.67. The van der Waals surface area contributed by atoms with Crippen LogP contribution in [-0.2, 0) is 11.3 Å². The van der Waals surface area contributed by atoms with E-state index in [4.69, 9.17) is 5.11 Å². The normalized spacial score (nSPS) is 12.8. The fourth-order valence-electron chi connectivity index (χ4n) is 1.81. The van der Waals surface area contributed by atoms with Gasteiger partial charge in [-0.25, -0.2) is 9.97 Å². The van der Waals surface area contributed by atoms with E-state index in [1.54, 1.807) is 11.8 Å². The molecule has 0 saturated heterocycles. The monoisotopic (exact) mass is 311 g/mol. The van der Waals surface area contributed by atoms with Crippen LogP contribution in [0.3, 0.4) is 0 Å². The highest BCUT2D eigenvalue weighted by atomic mass is 32.2. The quantitative estimate of drug-likeness (QED) is 0.827. The molecule has 0 aromatic carbocycles. The van der Waals surface area contributed by atoms with Crippen molar-refractivity contribution < 1.29 is 9.90 Å². The molecule has 5 nitrogen and oxygen atoms in total. The Kier molecular flexibility index (Phi) is 4.93. The number of imidazole rings is 1. The van der Waals surface area contributed by atoms with Gasteiger partial charge in [0.2, 0.25) is 0 Å². The number of thioether (sulfide) groups is 2. The van der Waals surface area contributed by atoms with Crippen molar-refractivity contribution in [3.8, 4) is 0 Å². The molecule has 0 aliphatic heterocycles. The van der Waals surface area contributed by atoms with E-state index >= 15 is 0 Å². The van der Waals surface area contributed by atoms with Crippen molar-refractivity contribution in [1.29, 1.82) is 0 Å². The molecule has 0 bridgehead atoms. The summed E-state index contributed by atoms with van der Waals surface area (Å²) in [6.07, 6.45) is 2.06. The first kappa shape index (κ1) is 15.2. The fraction of sp³-hybridized carbons (Fsp3) is 0.462. The number of carbonyl (C=O) groups is 1. The van der Waals surface area contributed by atoms with Crippen LogP contribution in [0.1, 0.15) is 12.6 Å². The molecule has 2 rings (SSSR count). The maximum Gasteiger partial charge on any atom is 0.313 e. The first-order valence-corrected chi connectivity index (χ1v) is 8.50. The lowest BCUT2D eigenvalue weighted by molar-refractivity contribution is -0.133. The molecule has 108 valence electrons. The Hall–Kier alpha value is -1.21.